The number of allylic oxidation sites excluding steroid dienone is 2. The molecular formula is C12H15F3N2O2. The molecule has 0 spiro atoms. The van der Waals surface area contributed by atoms with Crippen LogP contribution >= 0.6 is 0 Å². The maximum Gasteiger partial charge on any atom is 0.392 e. The monoisotopic (exact) mass is 276 g/mol. The van der Waals surface area contributed by atoms with E-state index in [2.05, 4.69) is 10.6 Å². The molecule has 0 bridgehead atoms. The molecule has 2 rings (SSSR count). The van der Waals surface area contributed by atoms with Gasteiger partial charge in [-0.05, 0) is 18.8 Å². The quantitative estimate of drug-likeness (QED) is 0.600. The first-order chi connectivity index (χ1) is 8.88. The van der Waals surface area contributed by atoms with Gasteiger partial charge in [0.25, 0.3) is 0 Å². The van der Waals surface area contributed by atoms with Crippen LogP contribution < -0.4 is 10.6 Å². The van der Waals surface area contributed by atoms with Crippen LogP contribution in [0.25, 0.3) is 0 Å². The SMILES string of the molecule is O=C1C[C@H](C(=O)NC[C@@H]2CC=CC[C@H]2C(F)(F)F)N1. The highest BCUT2D eigenvalue weighted by molar-refractivity contribution is 5.97. The van der Waals surface area contributed by atoms with Gasteiger partial charge >= 0.3 is 6.18 Å². The summed E-state index contributed by atoms with van der Waals surface area (Å²) in [4.78, 5) is 22.2. The van der Waals surface area contributed by atoms with E-state index >= 15 is 0 Å². The van der Waals surface area contributed by atoms with E-state index in [1.54, 1.807) is 6.08 Å². The zero-order chi connectivity index (χ0) is 14.0. The van der Waals surface area contributed by atoms with Gasteiger partial charge in [-0.1, -0.05) is 12.2 Å². The maximum atomic E-state index is 12.8. The molecule has 4 nitrogen and oxygen atoms in total. The van der Waals surface area contributed by atoms with Crippen molar-refractivity contribution in [2.75, 3.05) is 6.54 Å². The van der Waals surface area contributed by atoms with Crippen molar-refractivity contribution in [3.05, 3.63) is 12.2 Å². The number of carbonyl (C=O) groups excluding carboxylic acids is 2. The van der Waals surface area contributed by atoms with Crippen LogP contribution in [-0.4, -0.2) is 30.6 Å². The normalized spacial score (nSPS) is 30.5. The number of rotatable bonds is 3. The smallest absolute Gasteiger partial charge is 0.354 e. The molecule has 1 aliphatic heterocycles. The Labute approximate surface area is 108 Å². The number of β-lactam (4-membered cyclic amide) rings is 1. The fraction of sp³-hybridized carbons (Fsp3) is 0.667. The second-order valence-corrected chi connectivity index (χ2v) is 4.92. The summed E-state index contributed by atoms with van der Waals surface area (Å²) in [7, 11) is 0. The van der Waals surface area contributed by atoms with Crippen molar-refractivity contribution in [1.82, 2.24) is 10.6 Å². The number of hydrogen-bond donors (Lipinski definition) is 2. The first-order valence-electron chi connectivity index (χ1n) is 6.16. The molecule has 19 heavy (non-hydrogen) atoms. The molecule has 1 saturated heterocycles. The van der Waals surface area contributed by atoms with Crippen LogP contribution in [-0.2, 0) is 9.59 Å². The molecule has 3 atom stereocenters. The Morgan fingerprint density at radius 1 is 1.37 bits per heavy atom. The van der Waals surface area contributed by atoms with Crippen molar-refractivity contribution in [3.63, 3.8) is 0 Å². The lowest BCUT2D eigenvalue weighted by molar-refractivity contribution is -0.188. The summed E-state index contributed by atoms with van der Waals surface area (Å²) in [5, 5.41) is 4.87. The Morgan fingerprint density at radius 2 is 2.00 bits per heavy atom. The van der Waals surface area contributed by atoms with E-state index < -0.39 is 30.0 Å². The highest BCUT2D eigenvalue weighted by Crippen LogP contribution is 2.38. The Balaban J connectivity index is 1.85. The predicted octanol–water partition coefficient (Wildman–Crippen LogP) is 1.14. The number of amides is 2. The molecule has 2 amide bonds. The Bertz CT molecular complexity index is 398. The standard InChI is InChI=1S/C12H15F3N2O2/c13-12(14,15)8-4-2-1-3-7(8)6-16-11(19)9-5-10(18)17-9/h1-2,7-9H,3-6H2,(H,16,19)(H,17,18)/t7-,8+,9+/m0/s1. The van der Waals surface area contributed by atoms with Gasteiger partial charge in [-0.3, -0.25) is 9.59 Å². The molecule has 0 saturated carbocycles. The summed E-state index contributed by atoms with van der Waals surface area (Å²) < 4.78 is 38.4. The van der Waals surface area contributed by atoms with Crippen LogP contribution in [0.15, 0.2) is 12.2 Å². The Hall–Kier alpha value is -1.53. The second-order valence-electron chi connectivity index (χ2n) is 4.92. The minimum absolute atomic E-state index is 0.0142. The summed E-state index contributed by atoms with van der Waals surface area (Å²) in [6.07, 6.45) is -0.623. The summed E-state index contributed by atoms with van der Waals surface area (Å²) >= 11 is 0. The highest BCUT2D eigenvalue weighted by Gasteiger charge is 2.44. The molecular weight excluding hydrogens is 261 g/mol. The third-order valence-electron chi connectivity index (χ3n) is 3.56. The molecule has 0 aromatic rings. The van der Waals surface area contributed by atoms with E-state index in [4.69, 9.17) is 0 Å². The molecule has 2 N–H and O–H groups in total. The van der Waals surface area contributed by atoms with Gasteiger partial charge in [0.2, 0.25) is 11.8 Å². The van der Waals surface area contributed by atoms with Crippen LogP contribution in [0.5, 0.6) is 0 Å². The van der Waals surface area contributed by atoms with Gasteiger partial charge in [0, 0.05) is 6.54 Å². The fourth-order valence-corrected chi connectivity index (χ4v) is 2.37. The third-order valence-corrected chi connectivity index (χ3v) is 3.56. The number of alkyl halides is 3. The average Bonchev–Trinajstić information content (AvgIpc) is 2.31. The number of halogens is 3. The van der Waals surface area contributed by atoms with Gasteiger partial charge in [0.05, 0.1) is 12.3 Å². The zero-order valence-electron chi connectivity index (χ0n) is 10.2. The molecule has 1 aliphatic carbocycles. The molecule has 0 aromatic heterocycles. The van der Waals surface area contributed by atoms with E-state index in [1.807, 2.05) is 0 Å². The van der Waals surface area contributed by atoms with Gasteiger partial charge < -0.3 is 10.6 Å². The second kappa shape index (κ2) is 5.22. The topological polar surface area (TPSA) is 58.2 Å². The van der Waals surface area contributed by atoms with Gasteiger partial charge in [0.1, 0.15) is 6.04 Å². The molecule has 7 heteroatoms. The summed E-state index contributed by atoms with van der Waals surface area (Å²) in [6.45, 7) is -0.0142. The number of carbonyl (C=O) groups is 2. The van der Waals surface area contributed by atoms with Crippen molar-refractivity contribution >= 4 is 11.8 Å². The summed E-state index contributed by atoms with van der Waals surface area (Å²) in [6, 6.07) is -0.587. The lowest BCUT2D eigenvalue weighted by atomic mass is 9.82. The molecule has 1 heterocycles. The summed E-state index contributed by atoms with van der Waals surface area (Å²) in [5.74, 6) is -2.66. The van der Waals surface area contributed by atoms with Crippen molar-refractivity contribution in [3.8, 4) is 0 Å². The lowest BCUT2D eigenvalue weighted by Gasteiger charge is -2.31. The van der Waals surface area contributed by atoms with E-state index in [1.165, 1.54) is 6.08 Å². The zero-order valence-corrected chi connectivity index (χ0v) is 10.2. The molecule has 0 radical (unpaired) electrons. The van der Waals surface area contributed by atoms with Crippen molar-refractivity contribution < 1.29 is 22.8 Å². The van der Waals surface area contributed by atoms with Crippen LogP contribution in [0, 0.1) is 11.8 Å². The van der Waals surface area contributed by atoms with Crippen molar-refractivity contribution in [2.45, 2.75) is 31.5 Å². The first-order valence-corrected chi connectivity index (χ1v) is 6.16. The van der Waals surface area contributed by atoms with Gasteiger partial charge in [-0.2, -0.15) is 13.2 Å². The molecule has 106 valence electrons. The van der Waals surface area contributed by atoms with Gasteiger partial charge in [0.15, 0.2) is 0 Å². The highest BCUT2D eigenvalue weighted by atomic mass is 19.4. The van der Waals surface area contributed by atoms with Crippen LogP contribution in [0.4, 0.5) is 13.2 Å². The van der Waals surface area contributed by atoms with Crippen molar-refractivity contribution in [1.29, 1.82) is 0 Å². The maximum absolute atomic E-state index is 12.8. The minimum atomic E-state index is -4.25. The van der Waals surface area contributed by atoms with Crippen molar-refractivity contribution in [2.24, 2.45) is 11.8 Å². The molecule has 1 fully saturated rings. The van der Waals surface area contributed by atoms with Crippen LogP contribution in [0.1, 0.15) is 19.3 Å². The van der Waals surface area contributed by atoms with Gasteiger partial charge in [-0.15, -0.1) is 0 Å². The van der Waals surface area contributed by atoms with Gasteiger partial charge in [-0.25, -0.2) is 0 Å². The predicted molar refractivity (Wildman–Crippen MR) is 61.0 cm³/mol. The first kappa shape index (κ1) is 13.9. The molecule has 2 aliphatic rings. The average molecular weight is 276 g/mol. The largest absolute Gasteiger partial charge is 0.392 e. The van der Waals surface area contributed by atoms with E-state index in [-0.39, 0.29) is 25.3 Å². The lowest BCUT2D eigenvalue weighted by Crippen LogP contribution is -2.57. The van der Waals surface area contributed by atoms with Crippen LogP contribution in [0.2, 0.25) is 0 Å². The minimum Gasteiger partial charge on any atom is -0.354 e. The third kappa shape index (κ3) is 3.27. The van der Waals surface area contributed by atoms with E-state index in [0.29, 0.717) is 6.42 Å². The fourth-order valence-electron chi connectivity index (χ4n) is 2.37. The molecule has 0 unspecified atom stereocenters. The summed E-state index contributed by atoms with van der Waals surface area (Å²) in [5.41, 5.74) is 0. The van der Waals surface area contributed by atoms with E-state index in [9.17, 15) is 22.8 Å². The van der Waals surface area contributed by atoms with Crippen LogP contribution in [0.3, 0.4) is 0 Å². The Kier molecular flexibility index (Phi) is 3.82. The number of hydrogen-bond acceptors (Lipinski definition) is 2. The number of nitrogens with one attached hydrogen (secondary N) is 2. The van der Waals surface area contributed by atoms with E-state index in [0.717, 1.165) is 0 Å². The molecule has 0 aromatic carbocycles. The Morgan fingerprint density at radius 3 is 2.58 bits per heavy atom.